The fraction of sp³-hybridized carbons (Fsp3) is 0.308. The standard InChI is InChI=1S/C13H14N4OS2/c1-3-8(9-5-4-6-20-9)17-11-10(16-13(17)19)12(18-2)15-7-14-11/h4-8H,3H2,1-2H3,(H,16,19). The highest BCUT2D eigenvalue weighted by molar-refractivity contribution is 7.71. The van der Waals surface area contributed by atoms with Crippen LogP contribution in [0, 0.1) is 4.77 Å². The minimum atomic E-state index is 0.177. The molecule has 0 radical (unpaired) electrons. The zero-order chi connectivity index (χ0) is 14.1. The Balaban J connectivity index is 2.25. The number of hydrogen-bond acceptors (Lipinski definition) is 5. The van der Waals surface area contributed by atoms with Gasteiger partial charge in [-0.1, -0.05) is 13.0 Å². The van der Waals surface area contributed by atoms with E-state index in [-0.39, 0.29) is 6.04 Å². The second-order valence-electron chi connectivity index (χ2n) is 4.32. The summed E-state index contributed by atoms with van der Waals surface area (Å²) in [5.41, 5.74) is 1.53. The van der Waals surface area contributed by atoms with Gasteiger partial charge in [-0.05, 0) is 30.1 Å². The highest BCUT2D eigenvalue weighted by Gasteiger charge is 2.19. The molecule has 0 fully saturated rings. The van der Waals surface area contributed by atoms with Crippen molar-refractivity contribution in [2.45, 2.75) is 19.4 Å². The average molecular weight is 306 g/mol. The van der Waals surface area contributed by atoms with E-state index in [2.05, 4.69) is 39.4 Å². The summed E-state index contributed by atoms with van der Waals surface area (Å²) in [5, 5.41) is 2.08. The number of imidazole rings is 1. The van der Waals surface area contributed by atoms with Gasteiger partial charge in [0, 0.05) is 4.88 Å². The number of H-pyrrole nitrogens is 1. The van der Waals surface area contributed by atoms with Crippen LogP contribution in [-0.4, -0.2) is 26.6 Å². The molecule has 1 N–H and O–H groups in total. The molecule has 3 aromatic heterocycles. The van der Waals surface area contributed by atoms with Crippen molar-refractivity contribution < 1.29 is 4.74 Å². The predicted octanol–water partition coefficient (Wildman–Crippen LogP) is 3.56. The summed E-state index contributed by atoms with van der Waals surface area (Å²) < 4.78 is 7.94. The predicted molar refractivity (Wildman–Crippen MR) is 82.0 cm³/mol. The van der Waals surface area contributed by atoms with E-state index < -0.39 is 0 Å². The monoisotopic (exact) mass is 306 g/mol. The van der Waals surface area contributed by atoms with Crippen molar-refractivity contribution in [2.75, 3.05) is 7.11 Å². The first-order valence-corrected chi connectivity index (χ1v) is 7.57. The normalized spacial score (nSPS) is 12.7. The Morgan fingerprint density at radius 2 is 2.35 bits per heavy atom. The lowest BCUT2D eigenvalue weighted by Crippen LogP contribution is -2.09. The van der Waals surface area contributed by atoms with Crippen molar-refractivity contribution in [1.29, 1.82) is 0 Å². The molecular formula is C13H14N4OS2. The SMILES string of the molecule is CCC(c1cccs1)n1c(=S)[nH]c2c(OC)ncnc21. The third kappa shape index (κ3) is 2.03. The molecule has 7 heteroatoms. The Bertz CT molecular complexity index is 775. The van der Waals surface area contributed by atoms with E-state index in [1.165, 1.54) is 11.2 Å². The topological polar surface area (TPSA) is 55.7 Å². The fourth-order valence-corrected chi connectivity index (χ4v) is 3.57. The quantitative estimate of drug-likeness (QED) is 0.749. The van der Waals surface area contributed by atoms with Crippen molar-refractivity contribution >= 4 is 34.7 Å². The van der Waals surface area contributed by atoms with Gasteiger partial charge in [0.05, 0.1) is 13.2 Å². The van der Waals surface area contributed by atoms with Crippen molar-refractivity contribution in [3.63, 3.8) is 0 Å². The molecule has 0 aliphatic carbocycles. The van der Waals surface area contributed by atoms with Crippen molar-refractivity contribution in [3.05, 3.63) is 33.5 Å². The molecule has 104 valence electrons. The zero-order valence-corrected chi connectivity index (χ0v) is 12.8. The first kappa shape index (κ1) is 13.3. The summed E-state index contributed by atoms with van der Waals surface area (Å²) in [6.45, 7) is 2.14. The number of fused-ring (bicyclic) bond motifs is 1. The lowest BCUT2D eigenvalue weighted by atomic mass is 10.2. The zero-order valence-electron chi connectivity index (χ0n) is 11.2. The molecule has 0 aliphatic heterocycles. The molecule has 0 saturated carbocycles. The maximum Gasteiger partial charge on any atom is 0.242 e. The van der Waals surface area contributed by atoms with Gasteiger partial charge in [-0.25, -0.2) is 4.98 Å². The fourth-order valence-electron chi connectivity index (χ4n) is 2.35. The largest absolute Gasteiger partial charge is 0.479 e. The minimum absolute atomic E-state index is 0.177. The van der Waals surface area contributed by atoms with E-state index in [0.717, 1.165) is 17.6 Å². The van der Waals surface area contributed by atoms with E-state index in [1.807, 2.05) is 4.57 Å². The maximum atomic E-state index is 5.47. The number of aromatic nitrogens is 4. The Morgan fingerprint density at radius 1 is 1.50 bits per heavy atom. The van der Waals surface area contributed by atoms with Crippen LogP contribution in [-0.2, 0) is 0 Å². The van der Waals surface area contributed by atoms with E-state index in [0.29, 0.717) is 10.7 Å². The number of rotatable bonds is 4. The first-order chi connectivity index (χ1) is 9.76. The summed E-state index contributed by atoms with van der Waals surface area (Å²) >= 11 is 7.19. The minimum Gasteiger partial charge on any atom is -0.479 e. The molecule has 1 unspecified atom stereocenters. The van der Waals surface area contributed by atoms with Crippen LogP contribution in [0.25, 0.3) is 11.2 Å². The number of nitrogens with one attached hydrogen (secondary N) is 1. The summed E-state index contributed by atoms with van der Waals surface area (Å²) in [5.74, 6) is 0.515. The molecule has 3 aromatic rings. The van der Waals surface area contributed by atoms with E-state index in [4.69, 9.17) is 17.0 Å². The van der Waals surface area contributed by atoms with Crippen LogP contribution in [0.4, 0.5) is 0 Å². The average Bonchev–Trinajstić information content (AvgIpc) is 3.08. The highest BCUT2D eigenvalue weighted by Crippen LogP contribution is 2.30. The Morgan fingerprint density at radius 3 is 3.00 bits per heavy atom. The highest BCUT2D eigenvalue weighted by atomic mass is 32.1. The summed E-state index contributed by atoms with van der Waals surface area (Å²) in [4.78, 5) is 12.9. The van der Waals surface area contributed by atoms with Crippen molar-refractivity contribution in [2.24, 2.45) is 0 Å². The van der Waals surface area contributed by atoms with Crippen LogP contribution in [0.5, 0.6) is 5.88 Å². The molecule has 1 atom stereocenters. The molecule has 0 aromatic carbocycles. The van der Waals surface area contributed by atoms with E-state index in [9.17, 15) is 0 Å². The summed E-state index contributed by atoms with van der Waals surface area (Å²) in [7, 11) is 1.59. The molecule has 0 aliphatic rings. The lowest BCUT2D eigenvalue weighted by Gasteiger charge is -2.15. The van der Waals surface area contributed by atoms with Crippen LogP contribution in [0.3, 0.4) is 0 Å². The molecule has 5 nitrogen and oxygen atoms in total. The van der Waals surface area contributed by atoms with Gasteiger partial charge in [0.1, 0.15) is 11.8 Å². The number of methoxy groups -OCH3 is 1. The third-order valence-corrected chi connectivity index (χ3v) is 4.51. The van der Waals surface area contributed by atoms with E-state index in [1.54, 1.807) is 18.4 Å². The van der Waals surface area contributed by atoms with Crippen LogP contribution in [0.1, 0.15) is 24.3 Å². The maximum absolute atomic E-state index is 5.47. The van der Waals surface area contributed by atoms with Crippen LogP contribution < -0.4 is 4.74 Å². The van der Waals surface area contributed by atoms with Crippen molar-refractivity contribution in [1.82, 2.24) is 19.5 Å². The second kappa shape index (κ2) is 5.34. The summed E-state index contributed by atoms with van der Waals surface area (Å²) in [6.07, 6.45) is 2.44. The summed E-state index contributed by atoms with van der Waals surface area (Å²) in [6, 6.07) is 4.35. The van der Waals surface area contributed by atoms with Gasteiger partial charge in [0.25, 0.3) is 0 Å². The number of nitrogens with zero attached hydrogens (tertiary/aromatic N) is 3. The molecule has 3 rings (SSSR count). The number of hydrogen-bond donors (Lipinski definition) is 1. The van der Waals surface area contributed by atoms with E-state index >= 15 is 0 Å². The lowest BCUT2D eigenvalue weighted by molar-refractivity contribution is 0.401. The number of aromatic amines is 1. The van der Waals surface area contributed by atoms with Crippen LogP contribution >= 0.6 is 23.6 Å². The number of ether oxygens (including phenoxy) is 1. The van der Waals surface area contributed by atoms with Gasteiger partial charge in [0.2, 0.25) is 5.88 Å². The molecule has 0 saturated heterocycles. The molecule has 20 heavy (non-hydrogen) atoms. The van der Waals surface area contributed by atoms with Crippen LogP contribution in [0.2, 0.25) is 0 Å². The second-order valence-corrected chi connectivity index (χ2v) is 5.69. The van der Waals surface area contributed by atoms with Gasteiger partial charge in [-0.2, -0.15) is 4.98 Å². The Hall–Kier alpha value is -1.73. The Labute approximate surface area is 125 Å². The third-order valence-electron chi connectivity index (χ3n) is 3.23. The van der Waals surface area contributed by atoms with Gasteiger partial charge >= 0.3 is 0 Å². The number of thiophene rings is 1. The molecule has 3 heterocycles. The molecular weight excluding hydrogens is 292 g/mol. The smallest absolute Gasteiger partial charge is 0.242 e. The molecule has 0 amide bonds. The van der Waals surface area contributed by atoms with Gasteiger partial charge < -0.3 is 9.72 Å². The van der Waals surface area contributed by atoms with Crippen molar-refractivity contribution in [3.8, 4) is 5.88 Å². The van der Waals surface area contributed by atoms with Gasteiger partial charge in [-0.3, -0.25) is 4.57 Å². The van der Waals surface area contributed by atoms with Crippen LogP contribution in [0.15, 0.2) is 23.8 Å². The Kier molecular flexibility index (Phi) is 3.54. The molecule has 0 bridgehead atoms. The first-order valence-electron chi connectivity index (χ1n) is 6.28. The van der Waals surface area contributed by atoms with Gasteiger partial charge in [-0.15, -0.1) is 11.3 Å². The van der Waals surface area contributed by atoms with Gasteiger partial charge in [0.15, 0.2) is 10.4 Å². The molecule has 0 spiro atoms.